The molecule has 0 amide bonds. The van der Waals surface area contributed by atoms with Gasteiger partial charge >= 0.3 is 5.97 Å². The molecule has 0 N–H and O–H groups in total. The van der Waals surface area contributed by atoms with Crippen molar-refractivity contribution >= 4 is 22.6 Å². The first-order valence-electron chi connectivity index (χ1n) is 8.07. The number of ether oxygens (including phenoxy) is 1. The van der Waals surface area contributed by atoms with Gasteiger partial charge in [-0.2, -0.15) is 5.10 Å². The van der Waals surface area contributed by atoms with Gasteiger partial charge in [0.1, 0.15) is 0 Å². The lowest BCUT2D eigenvalue weighted by atomic mass is 9.98. The van der Waals surface area contributed by atoms with Crippen LogP contribution >= 0.6 is 0 Å². The van der Waals surface area contributed by atoms with Gasteiger partial charge in [-0.3, -0.25) is 24.5 Å². The zero-order valence-corrected chi connectivity index (χ0v) is 13.6. The van der Waals surface area contributed by atoms with Crippen molar-refractivity contribution in [3.63, 3.8) is 0 Å². The normalized spacial score (nSPS) is 18.6. The number of nitro benzene ring substituents is 1. The number of hydrogen-bond donors (Lipinski definition) is 0. The van der Waals surface area contributed by atoms with Crippen LogP contribution in [0.1, 0.15) is 19.8 Å². The fraction of sp³-hybridized carbons (Fsp3) is 0.500. The lowest BCUT2D eigenvalue weighted by molar-refractivity contribution is -0.384. The van der Waals surface area contributed by atoms with E-state index in [9.17, 15) is 14.9 Å². The summed E-state index contributed by atoms with van der Waals surface area (Å²) < 4.78 is 6.93. The van der Waals surface area contributed by atoms with E-state index in [0.29, 0.717) is 19.8 Å². The third kappa shape index (κ3) is 3.38. The molecule has 1 aromatic carbocycles. The van der Waals surface area contributed by atoms with Gasteiger partial charge in [-0.1, -0.05) is 0 Å². The van der Waals surface area contributed by atoms with Gasteiger partial charge in [-0.05, 0) is 32.4 Å². The average Bonchev–Trinajstić information content (AvgIpc) is 2.97. The van der Waals surface area contributed by atoms with Crippen molar-refractivity contribution < 1.29 is 14.5 Å². The van der Waals surface area contributed by atoms with Gasteiger partial charge in [-0.25, -0.2) is 0 Å². The molecule has 2 aromatic rings. The Hall–Kier alpha value is -2.48. The molecule has 1 saturated heterocycles. The van der Waals surface area contributed by atoms with Crippen LogP contribution in [0.15, 0.2) is 24.4 Å². The highest BCUT2D eigenvalue weighted by atomic mass is 16.6. The number of aromatic nitrogens is 2. The van der Waals surface area contributed by atoms with Gasteiger partial charge in [0.05, 0.1) is 35.8 Å². The smallest absolute Gasteiger partial charge is 0.310 e. The van der Waals surface area contributed by atoms with Gasteiger partial charge in [0, 0.05) is 24.1 Å². The topological polar surface area (TPSA) is 90.5 Å². The van der Waals surface area contributed by atoms with E-state index in [1.807, 2.05) is 11.6 Å². The number of carbonyl (C=O) groups is 1. The minimum atomic E-state index is -0.411. The fourth-order valence-electron chi connectivity index (χ4n) is 3.13. The average molecular weight is 332 g/mol. The van der Waals surface area contributed by atoms with Crippen molar-refractivity contribution in [2.45, 2.75) is 26.4 Å². The molecule has 1 atom stereocenters. The molecule has 2 heterocycles. The van der Waals surface area contributed by atoms with Crippen LogP contribution in [0.25, 0.3) is 10.9 Å². The lowest BCUT2D eigenvalue weighted by Crippen LogP contribution is -2.40. The lowest BCUT2D eigenvalue weighted by Gasteiger charge is -2.31. The number of rotatable bonds is 5. The van der Waals surface area contributed by atoms with Gasteiger partial charge in [0.25, 0.3) is 5.69 Å². The first-order valence-corrected chi connectivity index (χ1v) is 8.07. The van der Waals surface area contributed by atoms with Crippen LogP contribution in [0.4, 0.5) is 5.69 Å². The van der Waals surface area contributed by atoms with E-state index < -0.39 is 4.92 Å². The number of likely N-dealkylation sites (tertiary alicyclic amines) is 1. The number of benzene rings is 1. The van der Waals surface area contributed by atoms with E-state index >= 15 is 0 Å². The van der Waals surface area contributed by atoms with Gasteiger partial charge in [0.2, 0.25) is 0 Å². The quantitative estimate of drug-likeness (QED) is 0.473. The van der Waals surface area contributed by atoms with E-state index in [4.69, 9.17) is 4.74 Å². The van der Waals surface area contributed by atoms with E-state index in [2.05, 4.69) is 10.00 Å². The fourth-order valence-corrected chi connectivity index (χ4v) is 3.13. The molecule has 0 aliphatic carbocycles. The van der Waals surface area contributed by atoms with Crippen LogP contribution < -0.4 is 0 Å². The molecule has 8 nitrogen and oxygen atoms in total. The molecular weight excluding hydrogens is 312 g/mol. The summed E-state index contributed by atoms with van der Waals surface area (Å²) in [6, 6.07) is 4.72. The molecule has 128 valence electrons. The van der Waals surface area contributed by atoms with Crippen molar-refractivity contribution in [1.82, 2.24) is 14.7 Å². The Kier molecular flexibility index (Phi) is 4.75. The minimum absolute atomic E-state index is 0.0578. The Balaban J connectivity index is 1.72. The molecule has 24 heavy (non-hydrogen) atoms. The SMILES string of the molecule is CCOC(=O)[C@H]1CCCN(Cn2ncc3cc([N+](=O)[O-])ccc32)C1. The Morgan fingerprint density at radius 3 is 3.08 bits per heavy atom. The van der Waals surface area contributed by atoms with Crippen LogP contribution in [0.2, 0.25) is 0 Å². The van der Waals surface area contributed by atoms with Crippen molar-refractivity contribution in [3.8, 4) is 0 Å². The molecule has 1 aromatic heterocycles. The predicted molar refractivity (Wildman–Crippen MR) is 87.3 cm³/mol. The highest BCUT2D eigenvalue weighted by Gasteiger charge is 2.27. The molecule has 0 saturated carbocycles. The minimum Gasteiger partial charge on any atom is -0.466 e. The zero-order valence-electron chi connectivity index (χ0n) is 13.6. The monoisotopic (exact) mass is 332 g/mol. The number of non-ortho nitro benzene ring substituents is 1. The van der Waals surface area contributed by atoms with Gasteiger partial charge < -0.3 is 4.74 Å². The summed E-state index contributed by atoms with van der Waals surface area (Å²) in [6.45, 7) is 4.31. The van der Waals surface area contributed by atoms with Crippen molar-refractivity contribution in [3.05, 3.63) is 34.5 Å². The molecule has 0 bridgehead atoms. The molecule has 8 heteroatoms. The summed E-state index contributed by atoms with van der Waals surface area (Å²) in [7, 11) is 0. The number of carbonyl (C=O) groups excluding carboxylic acids is 1. The summed E-state index contributed by atoms with van der Waals surface area (Å²) in [6.07, 6.45) is 3.42. The number of fused-ring (bicyclic) bond motifs is 1. The Morgan fingerprint density at radius 1 is 1.50 bits per heavy atom. The number of hydrogen-bond acceptors (Lipinski definition) is 6. The van der Waals surface area contributed by atoms with Crippen molar-refractivity contribution in [1.29, 1.82) is 0 Å². The maximum absolute atomic E-state index is 11.9. The van der Waals surface area contributed by atoms with Crippen LogP contribution in [-0.4, -0.2) is 45.3 Å². The largest absolute Gasteiger partial charge is 0.466 e. The summed E-state index contributed by atoms with van der Waals surface area (Å²) in [5, 5.41) is 15.9. The van der Waals surface area contributed by atoms with Crippen LogP contribution in [0.3, 0.4) is 0 Å². The first-order chi connectivity index (χ1) is 11.6. The van der Waals surface area contributed by atoms with Crippen LogP contribution in [-0.2, 0) is 16.2 Å². The number of nitrogens with zero attached hydrogens (tertiary/aromatic N) is 4. The van der Waals surface area contributed by atoms with Crippen molar-refractivity contribution in [2.75, 3.05) is 19.7 Å². The third-order valence-electron chi connectivity index (χ3n) is 4.30. The number of piperidine rings is 1. The molecule has 0 radical (unpaired) electrons. The first kappa shape index (κ1) is 16.4. The second-order valence-electron chi connectivity index (χ2n) is 5.95. The molecule has 3 rings (SSSR count). The van der Waals surface area contributed by atoms with E-state index in [1.165, 1.54) is 12.1 Å². The van der Waals surface area contributed by atoms with Crippen molar-refractivity contribution in [2.24, 2.45) is 5.92 Å². The summed E-state index contributed by atoms with van der Waals surface area (Å²) in [4.78, 5) is 24.5. The van der Waals surface area contributed by atoms with Gasteiger partial charge in [0.15, 0.2) is 0 Å². The van der Waals surface area contributed by atoms with E-state index in [-0.39, 0.29) is 17.6 Å². The zero-order chi connectivity index (χ0) is 17.1. The Bertz CT molecular complexity index is 758. The Morgan fingerprint density at radius 2 is 2.33 bits per heavy atom. The van der Waals surface area contributed by atoms with Crippen LogP contribution in [0.5, 0.6) is 0 Å². The summed E-state index contributed by atoms with van der Waals surface area (Å²) >= 11 is 0. The third-order valence-corrected chi connectivity index (χ3v) is 4.30. The molecule has 0 spiro atoms. The van der Waals surface area contributed by atoms with E-state index in [0.717, 1.165) is 30.3 Å². The molecule has 1 aliphatic rings. The molecular formula is C16H20N4O4. The van der Waals surface area contributed by atoms with E-state index in [1.54, 1.807) is 12.3 Å². The van der Waals surface area contributed by atoms with Gasteiger partial charge in [-0.15, -0.1) is 0 Å². The highest BCUT2D eigenvalue weighted by Crippen LogP contribution is 2.22. The maximum atomic E-state index is 11.9. The summed E-state index contributed by atoms with van der Waals surface area (Å²) in [5.41, 5.74) is 0.904. The predicted octanol–water partition coefficient (Wildman–Crippen LogP) is 2.18. The second-order valence-corrected chi connectivity index (χ2v) is 5.95. The van der Waals surface area contributed by atoms with Crippen LogP contribution in [0, 0.1) is 16.0 Å². The number of esters is 1. The highest BCUT2D eigenvalue weighted by molar-refractivity contribution is 5.81. The molecule has 1 fully saturated rings. The Labute approximate surface area is 139 Å². The molecule has 0 unspecified atom stereocenters. The number of nitro groups is 1. The second kappa shape index (κ2) is 6.96. The molecule has 1 aliphatic heterocycles. The maximum Gasteiger partial charge on any atom is 0.310 e. The standard InChI is InChI=1S/C16H20N4O4/c1-2-24-16(21)12-4-3-7-18(10-12)11-19-15-6-5-14(20(22)23)8-13(15)9-17-19/h5-6,8-9,12H,2-4,7,10-11H2,1H3/t12-/m0/s1. The summed E-state index contributed by atoms with van der Waals surface area (Å²) in [5.74, 6) is -0.232.